The van der Waals surface area contributed by atoms with Crippen LogP contribution in [0.25, 0.3) is 11.0 Å². The van der Waals surface area contributed by atoms with Gasteiger partial charge in [-0.2, -0.15) is 8.78 Å². The normalized spacial score (nSPS) is 11.3. The molecule has 0 N–H and O–H groups in total. The van der Waals surface area contributed by atoms with Crippen molar-refractivity contribution in [2.24, 2.45) is 0 Å². The van der Waals surface area contributed by atoms with Crippen molar-refractivity contribution in [3.63, 3.8) is 0 Å². The smallest absolute Gasteiger partial charge is 0.319 e. The third kappa shape index (κ3) is 1.97. The number of hydrogen-bond acceptors (Lipinski definition) is 3. The predicted octanol–water partition coefficient (Wildman–Crippen LogP) is 2.49. The molecule has 0 aliphatic heterocycles. The fourth-order valence-corrected chi connectivity index (χ4v) is 2.16. The maximum atomic E-state index is 12.8. The first-order valence-electron chi connectivity index (χ1n) is 5.89. The predicted molar refractivity (Wildman–Crippen MR) is 67.7 cm³/mol. The van der Waals surface area contributed by atoms with Crippen LogP contribution in [0.15, 0.2) is 36.9 Å². The van der Waals surface area contributed by atoms with Crippen LogP contribution in [0.5, 0.6) is 0 Å². The first-order chi connectivity index (χ1) is 9.70. The van der Waals surface area contributed by atoms with Gasteiger partial charge in [0.2, 0.25) is 0 Å². The van der Waals surface area contributed by atoms with E-state index in [1.54, 1.807) is 29.1 Å². The number of carbonyl (C=O) groups is 1. The van der Waals surface area contributed by atoms with Crippen LogP contribution >= 0.6 is 0 Å². The molecule has 3 aromatic heterocycles. The van der Waals surface area contributed by atoms with Crippen LogP contribution in [0.3, 0.4) is 0 Å². The Bertz CT molecular complexity index is 763. The van der Waals surface area contributed by atoms with Gasteiger partial charge in [0.1, 0.15) is 11.5 Å². The van der Waals surface area contributed by atoms with Gasteiger partial charge in [-0.15, -0.1) is 0 Å². The summed E-state index contributed by atoms with van der Waals surface area (Å²) in [5.74, 6) is 0.208. The number of pyridine rings is 1. The molecule has 0 saturated heterocycles. The Balaban J connectivity index is 2.07. The summed E-state index contributed by atoms with van der Waals surface area (Å²) < 4.78 is 28.0. The van der Waals surface area contributed by atoms with Gasteiger partial charge in [0.25, 0.3) is 0 Å². The van der Waals surface area contributed by atoms with Crippen LogP contribution in [0.1, 0.15) is 22.7 Å². The quantitative estimate of drug-likeness (QED) is 0.688. The first kappa shape index (κ1) is 12.5. The van der Waals surface area contributed by atoms with Gasteiger partial charge in [0.15, 0.2) is 6.29 Å². The highest BCUT2D eigenvalue weighted by Gasteiger charge is 2.14. The van der Waals surface area contributed by atoms with Gasteiger partial charge in [-0.1, -0.05) is 0 Å². The summed E-state index contributed by atoms with van der Waals surface area (Å²) in [7, 11) is 0. The lowest BCUT2D eigenvalue weighted by atomic mass is 10.2. The molecule has 0 unspecified atom stereocenters. The van der Waals surface area contributed by atoms with Gasteiger partial charge in [-0.05, 0) is 12.1 Å². The number of rotatable bonds is 4. The summed E-state index contributed by atoms with van der Waals surface area (Å²) in [6.45, 7) is -2.52. The summed E-state index contributed by atoms with van der Waals surface area (Å²) in [6.07, 6.45) is 6.45. The van der Waals surface area contributed by atoms with Crippen molar-refractivity contribution in [3.8, 4) is 0 Å². The fourth-order valence-electron chi connectivity index (χ4n) is 2.16. The number of carbonyl (C=O) groups excluding carboxylic acids is 1. The molecular weight excluding hydrogens is 266 g/mol. The minimum atomic E-state index is -2.65. The zero-order valence-electron chi connectivity index (χ0n) is 10.3. The van der Waals surface area contributed by atoms with Gasteiger partial charge in [-0.25, -0.2) is 9.97 Å². The molecule has 0 aromatic carbocycles. The van der Waals surface area contributed by atoms with E-state index in [-0.39, 0.29) is 12.4 Å². The van der Waals surface area contributed by atoms with E-state index in [4.69, 9.17) is 0 Å². The Hall–Kier alpha value is -2.57. The number of hydrogen-bond donors (Lipinski definition) is 0. The van der Waals surface area contributed by atoms with Crippen molar-refractivity contribution in [2.75, 3.05) is 0 Å². The molecule has 0 saturated carbocycles. The van der Waals surface area contributed by atoms with Crippen LogP contribution in [0.4, 0.5) is 8.78 Å². The molecule has 3 rings (SSSR count). The lowest BCUT2D eigenvalue weighted by Crippen LogP contribution is -2.08. The van der Waals surface area contributed by atoms with E-state index in [1.807, 2.05) is 0 Å². The summed E-state index contributed by atoms with van der Waals surface area (Å²) >= 11 is 0. The van der Waals surface area contributed by atoms with Crippen molar-refractivity contribution in [1.82, 2.24) is 19.1 Å². The zero-order chi connectivity index (χ0) is 14.1. The van der Waals surface area contributed by atoms with Crippen molar-refractivity contribution >= 4 is 17.3 Å². The summed E-state index contributed by atoms with van der Waals surface area (Å²) in [5, 5.41) is 0.692. The molecule has 3 aromatic rings. The van der Waals surface area contributed by atoms with E-state index in [0.29, 0.717) is 16.6 Å². The zero-order valence-corrected chi connectivity index (χ0v) is 10.3. The summed E-state index contributed by atoms with van der Waals surface area (Å²) in [4.78, 5) is 19.1. The first-order valence-corrected chi connectivity index (χ1v) is 5.89. The number of imidazole rings is 1. The largest absolute Gasteiger partial charge is 0.324 e. The topological polar surface area (TPSA) is 52.7 Å². The summed E-state index contributed by atoms with van der Waals surface area (Å²) in [6, 6.07) is 3.49. The van der Waals surface area contributed by atoms with Gasteiger partial charge < -0.3 is 4.57 Å². The van der Waals surface area contributed by atoms with Crippen LogP contribution < -0.4 is 0 Å². The standard InChI is InChI=1S/C13H10F2N4O/c14-13(15)19-5-4-16-11(19)7-18-6-9(8-20)10-2-1-3-17-12(10)18/h1-6,8,13H,7H2. The van der Waals surface area contributed by atoms with E-state index in [0.717, 1.165) is 10.9 Å². The number of fused-ring (bicyclic) bond motifs is 1. The van der Waals surface area contributed by atoms with Gasteiger partial charge in [0, 0.05) is 35.7 Å². The lowest BCUT2D eigenvalue weighted by molar-refractivity contribution is 0.0667. The van der Waals surface area contributed by atoms with Crippen LogP contribution in [-0.2, 0) is 6.54 Å². The van der Waals surface area contributed by atoms with E-state index >= 15 is 0 Å². The molecule has 0 aliphatic carbocycles. The molecule has 0 radical (unpaired) electrons. The average Bonchev–Trinajstić information content (AvgIpc) is 3.04. The average molecular weight is 276 g/mol. The van der Waals surface area contributed by atoms with Crippen LogP contribution in [-0.4, -0.2) is 25.4 Å². The molecule has 0 fully saturated rings. The molecule has 3 heterocycles. The highest BCUT2D eigenvalue weighted by atomic mass is 19.3. The fraction of sp³-hybridized carbons (Fsp3) is 0.154. The van der Waals surface area contributed by atoms with Crippen molar-refractivity contribution in [1.29, 1.82) is 0 Å². The molecule has 5 nitrogen and oxygen atoms in total. The Kier molecular flexibility index (Phi) is 3.02. The Labute approximate surface area is 112 Å². The van der Waals surface area contributed by atoms with Crippen LogP contribution in [0, 0.1) is 0 Å². The summed E-state index contributed by atoms with van der Waals surface area (Å²) in [5.41, 5.74) is 1.04. The Morgan fingerprint density at radius 2 is 2.15 bits per heavy atom. The van der Waals surface area contributed by atoms with Crippen molar-refractivity contribution in [2.45, 2.75) is 13.1 Å². The molecule has 0 amide bonds. The second-order valence-corrected chi connectivity index (χ2v) is 4.23. The molecule has 0 bridgehead atoms. The van der Waals surface area contributed by atoms with E-state index in [1.165, 1.54) is 12.4 Å². The molecule has 0 spiro atoms. The number of halogens is 2. The highest BCUT2D eigenvalue weighted by molar-refractivity contribution is 5.95. The second-order valence-electron chi connectivity index (χ2n) is 4.23. The molecule has 0 atom stereocenters. The molecule has 20 heavy (non-hydrogen) atoms. The molecular formula is C13H10F2N4O. The minimum absolute atomic E-state index is 0.124. The SMILES string of the molecule is O=Cc1cn(Cc2nccn2C(F)F)c2ncccc12. The number of aromatic nitrogens is 4. The maximum Gasteiger partial charge on any atom is 0.319 e. The third-order valence-electron chi connectivity index (χ3n) is 3.06. The van der Waals surface area contributed by atoms with E-state index in [2.05, 4.69) is 9.97 Å². The lowest BCUT2D eigenvalue weighted by Gasteiger charge is -2.07. The number of nitrogens with zero attached hydrogens (tertiary/aromatic N) is 4. The third-order valence-corrected chi connectivity index (χ3v) is 3.06. The van der Waals surface area contributed by atoms with E-state index in [9.17, 15) is 13.6 Å². The van der Waals surface area contributed by atoms with Gasteiger partial charge in [-0.3, -0.25) is 9.36 Å². The Morgan fingerprint density at radius 3 is 2.90 bits per heavy atom. The molecule has 7 heteroatoms. The highest BCUT2D eigenvalue weighted by Crippen LogP contribution is 2.20. The molecule has 102 valence electrons. The van der Waals surface area contributed by atoms with Gasteiger partial charge >= 0.3 is 6.55 Å². The Morgan fingerprint density at radius 1 is 1.30 bits per heavy atom. The van der Waals surface area contributed by atoms with Gasteiger partial charge in [0.05, 0.1) is 6.54 Å². The van der Waals surface area contributed by atoms with Crippen molar-refractivity contribution in [3.05, 3.63) is 48.3 Å². The second kappa shape index (κ2) is 4.84. The minimum Gasteiger partial charge on any atom is -0.324 e. The van der Waals surface area contributed by atoms with Crippen LogP contribution in [0.2, 0.25) is 0 Å². The number of alkyl halides is 2. The van der Waals surface area contributed by atoms with Crippen molar-refractivity contribution < 1.29 is 13.6 Å². The molecule has 0 aliphatic rings. The maximum absolute atomic E-state index is 12.8. The monoisotopic (exact) mass is 276 g/mol. The number of aldehydes is 1. The van der Waals surface area contributed by atoms with E-state index < -0.39 is 6.55 Å².